The Morgan fingerprint density at radius 1 is 1.09 bits per heavy atom. The van der Waals surface area contributed by atoms with Gasteiger partial charge in [0.05, 0.1) is 21.7 Å². The number of hydrogen-bond acceptors (Lipinski definition) is 5. The standard InChI is InChI=1S/C27H23BrFNO3S2/c1-4-32-23-13-19(12-21(28)25(23)33-15-18-6-8-20(29)9-7-18)14-24-26(31)30(27(34)35-24)22-10-5-16(2)11-17(22)3/h5-14H,4,15H2,1-3H3/b24-14+. The molecule has 0 aliphatic carbocycles. The van der Waals surface area contributed by atoms with Crippen LogP contribution >= 0.6 is 39.9 Å². The van der Waals surface area contributed by atoms with Crippen LogP contribution in [0.4, 0.5) is 10.1 Å². The molecule has 1 amide bonds. The molecule has 0 spiro atoms. The minimum Gasteiger partial charge on any atom is -0.490 e. The fourth-order valence-corrected chi connectivity index (χ4v) is 5.55. The quantitative estimate of drug-likeness (QED) is 0.216. The highest BCUT2D eigenvalue weighted by Gasteiger charge is 2.34. The van der Waals surface area contributed by atoms with Crippen LogP contribution in [0.15, 0.2) is 64.0 Å². The average molecular weight is 573 g/mol. The molecule has 0 N–H and O–H groups in total. The molecule has 8 heteroatoms. The second-order valence-corrected chi connectivity index (χ2v) is 10.5. The monoisotopic (exact) mass is 571 g/mol. The van der Waals surface area contributed by atoms with Crippen molar-refractivity contribution in [3.8, 4) is 11.5 Å². The zero-order chi connectivity index (χ0) is 25.1. The Kier molecular flexibility index (Phi) is 7.94. The van der Waals surface area contributed by atoms with Crippen molar-refractivity contribution in [1.82, 2.24) is 0 Å². The number of ether oxygens (including phenoxy) is 2. The van der Waals surface area contributed by atoms with E-state index in [1.807, 2.05) is 51.1 Å². The van der Waals surface area contributed by atoms with Crippen molar-refractivity contribution in [2.24, 2.45) is 0 Å². The number of anilines is 1. The molecular formula is C27H23BrFNO3S2. The van der Waals surface area contributed by atoms with Gasteiger partial charge in [-0.2, -0.15) is 0 Å². The smallest absolute Gasteiger partial charge is 0.270 e. The largest absolute Gasteiger partial charge is 0.490 e. The normalized spacial score (nSPS) is 14.7. The number of benzene rings is 3. The third-order valence-corrected chi connectivity index (χ3v) is 7.20. The minimum absolute atomic E-state index is 0.155. The van der Waals surface area contributed by atoms with Crippen molar-refractivity contribution in [3.05, 3.63) is 92.0 Å². The van der Waals surface area contributed by atoms with E-state index in [2.05, 4.69) is 15.9 Å². The van der Waals surface area contributed by atoms with Crippen LogP contribution in [0, 0.1) is 19.7 Å². The van der Waals surface area contributed by atoms with E-state index < -0.39 is 0 Å². The summed E-state index contributed by atoms with van der Waals surface area (Å²) in [5, 5.41) is 0. The predicted molar refractivity (Wildman–Crippen MR) is 148 cm³/mol. The molecule has 35 heavy (non-hydrogen) atoms. The van der Waals surface area contributed by atoms with Gasteiger partial charge in [-0.05, 0) is 89.8 Å². The third-order valence-electron chi connectivity index (χ3n) is 5.31. The first-order chi connectivity index (χ1) is 16.8. The fourth-order valence-electron chi connectivity index (χ4n) is 3.69. The van der Waals surface area contributed by atoms with Crippen molar-refractivity contribution in [1.29, 1.82) is 0 Å². The number of halogens is 2. The third kappa shape index (κ3) is 5.77. The van der Waals surface area contributed by atoms with Gasteiger partial charge in [-0.15, -0.1) is 0 Å². The molecule has 4 rings (SSSR count). The van der Waals surface area contributed by atoms with Crippen LogP contribution in [0.5, 0.6) is 11.5 Å². The molecule has 0 unspecified atom stereocenters. The summed E-state index contributed by atoms with van der Waals surface area (Å²) in [4.78, 5) is 15.4. The van der Waals surface area contributed by atoms with Gasteiger partial charge in [0.1, 0.15) is 12.4 Å². The molecule has 3 aromatic carbocycles. The SMILES string of the molecule is CCOc1cc(/C=C2/SC(=S)N(c3ccc(C)cc3C)C2=O)cc(Br)c1OCc1ccc(F)cc1. The molecule has 4 nitrogen and oxygen atoms in total. The molecule has 0 saturated carbocycles. The molecule has 1 aliphatic heterocycles. The van der Waals surface area contributed by atoms with E-state index in [0.717, 1.165) is 27.9 Å². The summed E-state index contributed by atoms with van der Waals surface area (Å²) in [6.45, 7) is 6.58. The van der Waals surface area contributed by atoms with Crippen LogP contribution in [0.3, 0.4) is 0 Å². The molecular weight excluding hydrogens is 549 g/mol. The van der Waals surface area contributed by atoms with Crippen LogP contribution in [0.25, 0.3) is 6.08 Å². The number of thioether (sulfide) groups is 1. The molecule has 3 aromatic rings. The van der Waals surface area contributed by atoms with Crippen LogP contribution in [0.2, 0.25) is 0 Å². The molecule has 1 saturated heterocycles. The van der Waals surface area contributed by atoms with Crippen LogP contribution in [0.1, 0.15) is 29.2 Å². The van der Waals surface area contributed by atoms with Gasteiger partial charge in [0.2, 0.25) is 0 Å². The Hall–Kier alpha value is -2.68. The minimum atomic E-state index is -0.294. The van der Waals surface area contributed by atoms with Crippen molar-refractivity contribution >= 4 is 61.9 Å². The number of rotatable bonds is 7. The first-order valence-corrected chi connectivity index (χ1v) is 13.0. The molecule has 1 aliphatic rings. The Labute approximate surface area is 222 Å². The summed E-state index contributed by atoms with van der Waals surface area (Å²) in [5.74, 6) is 0.631. The fraction of sp³-hybridized carbons (Fsp3) is 0.185. The van der Waals surface area contributed by atoms with Crippen LogP contribution in [-0.4, -0.2) is 16.8 Å². The Morgan fingerprint density at radius 3 is 2.51 bits per heavy atom. The van der Waals surface area contributed by atoms with Gasteiger partial charge >= 0.3 is 0 Å². The van der Waals surface area contributed by atoms with Crippen molar-refractivity contribution < 1.29 is 18.7 Å². The zero-order valence-corrected chi connectivity index (χ0v) is 22.7. The average Bonchev–Trinajstić information content (AvgIpc) is 3.07. The molecule has 180 valence electrons. The molecule has 0 atom stereocenters. The van der Waals surface area contributed by atoms with E-state index in [-0.39, 0.29) is 18.3 Å². The topological polar surface area (TPSA) is 38.8 Å². The summed E-state index contributed by atoms with van der Waals surface area (Å²) in [5.41, 5.74) is 4.52. The van der Waals surface area contributed by atoms with Gasteiger partial charge < -0.3 is 9.47 Å². The zero-order valence-electron chi connectivity index (χ0n) is 19.4. The number of thiocarbonyl (C=S) groups is 1. The van der Waals surface area contributed by atoms with Crippen molar-refractivity contribution in [2.45, 2.75) is 27.4 Å². The van der Waals surface area contributed by atoms with Gasteiger partial charge in [-0.25, -0.2) is 4.39 Å². The van der Waals surface area contributed by atoms with Crippen molar-refractivity contribution in [2.75, 3.05) is 11.5 Å². The Bertz CT molecular complexity index is 1320. The summed E-state index contributed by atoms with van der Waals surface area (Å²) < 4.78 is 26.2. The van der Waals surface area contributed by atoms with Gasteiger partial charge in [0.15, 0.2) is 15.8 Å². The number of carbonyl (C=O) groups excluding carboxylic acids is 1. The lowest BCUT2D eigenvalue weighted by atomic mass is 10.1. The second-order valence-electron chi connectivity index (χ2n) is 7.99. The lowest BCUT2D eigenvalue weighted by Gasteiger charge is -2.17. The van der Waals surface area contributed by atoms with Crippen LogP contribution in [-0.2, 0) is 11.4 Å². The first-order valence-electron chi connectivity index (χ1n) is 11.0. The molecule has 1 heterocycles. The highest BCUT2D eigenvalue weighted by Crippen LogP contribution is 2.41. The van der Waals surface area contributed by atoms with Crippen LogP contribution < -0.4 is 14.4 Å². The number of hydrogen-bond donors (Lipinski definition) is 0. The van der Waals surface area contributed by atoms with Gasteiger partial charge in [0.25, 0.3) is 5.91 Å². The number of aryl methyl sites for hydroxylation is 2. The Balaban J connectivity index is 1.61. The lowest BCUT2D eigenvalue weighted by Crippen LogP contribution is -2.28. The van der Waals surface area contributed by atoms with E-state index >= 15 is 0 Å². The molecule has 1 fully saturated rings. The van der Waals surface area contributed by atoms with E-state index in [0.29, 0.717) is 31.8 Å². The summed E-state index contributed by atoms with van der Waals surface area (Å²) >= 11 is 10.4. The predicted octanol–water partition coefficient (Wildman–Crippen LogP) is 7.59. The van der Waals surface area contributed by atoms with Gasteiger partial charge in [-0.1, -0.05) is 53.8 Å². The summed E-state index contributed by atoms with van der Waals surface area (Å²) in [7, 11) is 0. The maximum absolute atomic E-state index is 13.3. The molecule has 0 bridgehead atoms. The van der Waals surface area contributed by atoms with E-state index in [1.165, 1.54) is 23.9 Å². The highest BCUT2D eigenvalue weighted by molar-refractivity contribution is 9.10. The lowest BCUT2D eigenvalue weighted by molar-refractivity contribution is -0.113. The second kappa shape index (κ2) is 10.9. The van der Waals surface area contributed by atoms with E-state index in [1.54, 1.807) is 23.1 Å². The maximum atomic E-state index is 13.3. The number of carbonyl (C=O) groups is 1. The van der Waals surface area contributed by atoms with E-state index in [4.69, 9.17) is 21.7 Å². The number of amides is 1. The molecule has 0 aromatic heterocycles. The maximum Gasteiger partial charge on any atom is 0.270 e. The Morgan fingerprint density at radius 2 is 1.83 bits per heavy atom. The molecule has 0 radical (unpaired) electrons. The number of nitrogens with zero attached hydrogens (tertiary/aromatic N) is 1. The highest BCUT2D eigenvalue weighted by atomic mass is 79.9. The van der Waals surface area contributed by atoms with Crippen molar-refractivity contribution in [3.63, 3.8) is 0 Å². The first kappa shape index (κ1) is 25.4. The van der Waals surface area contributed by atoms with E-state index in [9.17, 15) is 9.18 Å². The van der Waals surface area contributed by atoms with Gasteiger partial charge in [0, 0.05) is 0 Å². The summed E-state index contributed by atoms with van der Waals surface area (Å²) in [6, 6.07) is 15.8. The summed E-state index contributed by atoms with van der Waals surface area (Å²) in [6.07, 6.45) is 1.81. The van der Waals surface area contributed by atoms with Gasteiger partial charge in [-0.3, -0.25) is 9.69 Å².